The Balaban J connectivity index is 2.22. The lowest BCUT2D eigenvalue weighted by atomic mass is 10.0. The van der Waals surface area contributed by atoms with E-state index in [0.717, 1.165) is 24.2 Å². The number of rotatable bonds is 2. The average molecular weight is 231 g/mol. The second-order valence-electron chi connectivity index (χ2n) is 4.31. The van der Waals surface area contributed by atoms with Gasteiger partial charge in [-0.1, -0.05) is 19.1 Å². The highest BCUT2D eigenvalue weighted by molar-refractivity contribution is 6.00. The number of phenols is 1. The fourth-order valence-corrected chi connectivity index (χ4v) is 2.04. The first-order valence-electron chi connectivity index (χ1n) is 5.94. The summed E-state index contributed by atoms with van der Waals surface area (Å²) in [6, 6.07) is 6.98. The number of likely N-dealkylation sites (tertiary alicyclic amines) is 1. The molecular formula is C14H17NO2. The maximum Gasteiger partial charge on any atom is 0.161 e. The van der Waals surface area contributed by atoms with E-state index in [1.807, 2.05) is 12.1 Å². The minimum absolute atomic E-state index is 0.220. The zero-order chi connectivity index (χ0) is 12.3. The third-order valence-corrected chi connectivity index (χ3v) is 3.07. The van der Waals surface area contributed by atoms with E-state index in [1.165, 1.54) is 0 Å². The predicted octanol–water partition coefficient (Wildman–Crippen LogP) is 2.07. The first-order valence-corrected chi connectivity index (χ1v) is 5.94. The number of nitrogens with zero attached hydrogens (tertiary/aromatic N) is 1. The molecule has 1 aromatic carbocycles. The molecule has 1 heterocycles. The van der Waals surface area contributed by atoms with E-state index in [9.17, 15) is 9.90 Å². The molecule has 3 heteroatoms. The lowest BCUT2D eigenvalue weighted by molar-refractivity contribution is -0.117. The summed E-state index contributed by atoms with van der Waals surface area (Å²) in [5.74, 6) is 0.452. The summed E-state index contributed by atoms with van der Waals surface area (Å²) in [6.07, 6.45) is 2.47. The third kappa shape index (κ3) is 2.94. The van der Waals surface area contributed by atoms with Crippen LogP contribution in [0, 0.1) is 0 Å². The molecule has 0 aromatic heterocycles. The van der Waals surface area contributed by atoms with Crippen LogP contribution in [0.1, 0.15) is 18.9 Å². The molecule has 3 nitrogen and oxygen atoms in total. The van der Waals surface area contributed by atoms with Crippen molar-refractivity contribution >= 4 is 11.9 Å². The number of carbonyl (C=O) groups excluding carboxylic acids is 1. The Hall–Kier alpha value is -1.61. The lowest BCUT2D eigenvalue weighted by Crippen LogP contribution is -2.35. The predicted molar refractivity (Wildman–Crippen MR) is 67.8 cm³/mol. The molecule has 1 saturated heterocycles. The van der Waals surface area contributed by atoms with E-state index in [0.29, 0.717) is 13.0 Å². The normalized spacial score (nSPS) is 19.8. The molecule has 0 aliphatic carbocycles. The number of hydrogen-bond donors (Lipinski definition) is 1. The number of benzene rings is 1. The van der Waals surface area contributed by atoms with Crippen molar-refractivity contribution in [2.45, 2.75) is 13.3 Å². The average Bonchev–Trinajstić information content (AvgIpc) is 2.32. The van der Waals surface area contributed by atoms with Crippen LogP contribution in [-0.2, 0) is 4.79 Å². The zero-order valence-electron chi connectivity index (χ0n) is 10.0. The Morgan fingerprint density at radius 3 is 3.00 bits per heavy atom. The monoisotopic (exact) mass is 231 g/mol. The first kappa shape index (κ1) is 11.9. The van der Waals surface area contributed by atoms with E-state index in [4.69, 9.17) is 0 Å². The topological polar surface area (TPSA) is 40.5 Å². The minimum Gasteiger partial charge on any atom is -0.508 e. The van der Waals surface area contributed by atoms with E-state index < -0.39 is 0 Å². The van der Waals surface area contributed by atoms with Crippen LogP contribution in [0.15, 0.2) is 29.8 Å². The lowest BCUT2D eigenvalue weighted by Gasteiger charge is -2.26. The third-order valence-electron chi connectivity index (χ3n) is 3.07. The second-order valence-corrected chi connectivity index (χ2v) is 4.31. The summed E-state index contributed by atoms with van der Waals surface area (Å²) in [4.78, 5) is 14.0. The SMILES string of the molecule is CCN1CCC(=O)/C(=C/c2cccc(O)c2)C1. The summed E-state index contributed by atoms with van der Waals surface area (Å²) >= 11 is 0. The van der Waals surface area contributed by atoms with Crippen molar-refractivity contribution in [3.63, 3.8) is 0 Å². The number of phenolic OH excluding ortho intramolecular Hbond substituents is 1. The van der Waals surface area contributed by atoms with Crippen LogP contribution < -0.4 is 0 Å². The van der Waals surface area contributed by atoms with Crippen LogP contribution in [-0.4, -0.2) is 35.4 Å². The Morgan fingerprint density at radius 1 is 1.47 bits per heavy atom. The van der Waals surface area contributed by atoms with E-state index >= 15 is 0 Å². The molecule has 1 N–H and O–H groups in total. The zero-order valence-corrected chi connectivity index (χ0v) is 10.0. The summed E-state index contributed by atoms with van der Waals surface area (Å²) in [6.45, 7) is 4.63. The van der Waals surface area contributed by atoms with Gasteiger partial charge in [0.1, 0.15) is 5.75 Å². The van der Waals surface area contributed by atoms with Gasteiger partial charge in [0.15, 0.2) is 5.78 Å². The largest absolute Gasteiger partial charge is 0.508 e. The van der Waals surface area contributed by atoms with Crippen molar-refractivity contribution in [2.75, 3.05) is 19.6 Å². The quantitative estimate of drug-likeness (QED) is 0.792. The van der Waals surface area contributed by atoms with Gasteiger partial charge in [0.25, 0.3) is 0 Å². The summed E-state index contributed by atoms with van der Waals surface area (Å²) in [5, 5.41) is 9.38. The molecule has 90 valence electrons. The highest BCUT2D eigenvalue weighted by Gasteiger charge is 2.19. The minimum atomic E-state index is 0.220. The van der Waals surface area contributed by atoms with Crippen molar-refractivity contribution in [1.29, 1.82) is 0 Å². The Kier molecular flexibility index (Phi) is 3.59. The standard InChI is InChI=1S/C14H17NO2/c1-2-15-7-6-14(17)12(10-15)8-11-4-3-5-13(16)9-11/h3-5,8-9,16H,2,6-7,10H2,1H3/b12-8+. The van der Waals surface area contributed by atoms with Gasteiger partial charge in [0.05, 0.1) is 0 Å². The molecule has 1 aliphatic rings. The van der Waals surface area contributed by atoms with Gasteiger partial charge in [0, 0.05) is 25.1 Å². The molecule has 0 amide bonds. The number of hydrogen-bond acceptors (Lipinski definition) is 3. The molecule has 0 saturated carbocycles. The number of ketones is 1. The molecular weight excluding hydrogens is 214 g/mol. The molecule has 0 radical (unpaired) electrons. The van der Waals surface area contributed by atoms with Gasteiger partial charge < -0.3 is 5.11 Å². The highest BCUT2D eigenvalue weighted by Crippen LogP contribution is 2.18. The van der Waals surface area contributed by atoms with Crippen LogP contribution in [0.2, 0.25) is 0 Å². The number of aromatic hydroxyl groups is 1. The van der Waals surface area contributed by atoms with E-state index in [1.54, 1.807) is 18.2 Å². The Labute approximate surface area is 101 Å². The number of piperidine rings is 1. The van der Waals surface area contributed by atoms with Crippen LogP contribution in [0.4, 0.5) is 0 Å². The molecule has 0 atom stereocenters. The molecule has 2 rings (SSSR count). The number of Topliss-reactive ketones (excluding diaryl/α,β-unsaturated/α-hetero) is 1. The fourth-order valence-electron chi connectivity index (χ4n) is 2.04. The van der Waals surface area contributed by atoms with Crippen molar-refractivity contribution in [3.05, 3.63) is 35.4 Å². The summed E-state index contributed by atoms with van der Waals surface area (Å²) in [7, 11) is 0. The van der Waals surface area contributed by atoms with Gasteiger partial charge in [-0.3, -0.25) is 9.69 Å². The number of likely N-dealkylation sites (N-methyl/N-ethyl adjacent to an activating group) is 1. The smallest absolute Gasteiger partial charge is 0.161 e. The van der Waals surface area contributed by atoms with Crippen molar-refractivity contribution < 1.29 is 9.90 Å². The molecule has 1 aliphatic heterocycles. The first-order chi connectivity index (χ1) is 8.19. The molecule has 0 bridgehead atoms. The molecule has 1 aromatic rings. The van der Waals surface area contributed by atoms with Crippen molar-refractivity contribution in [3.8, 4) is 5.75 Å². The van der Waals surface area contributed by atoms with E-state index in [2.05, 4.69) is 11.8 Å². The Morgan fingerprint density at radius 2 is 2.29 bits per heavy atom. The van der Waals surface area contributed by atoms with Crippen LogP contribution >= 0.6 is 0 Å². The Bertz CT molecular complexity index is 451. The van der Waals surface area contributed by atoms with Gasteiger partial charge >= 0.3 is 0 Å². The van der Waals surface area contributed by atoms with Crippen molar-refractivity contribution in [1.82, 2.24) is 4.90 Å². The highest BCUT2D eigenvalue weighted by atomic mass is 16.3. The molecule has 1 fully saturated rings. The van der Waals surface area contributed by atoms with Gasteiger partial charge in [-0.15, -0.1) is 0 Å². The maximum atomic E-state index is 11.8. The van der Waals surface area contributed by atoms with Gasteiger partial charge in [-0.25, -0.2) is 0 Å². The summed E-state index contributed by atoms with van der Waals surface area (Å²) in [5.41, 5.74) is 1.72. The second kappa shape index (κ2) is 5.15. The van der Waals surface area contributed by atoms with Gasteiger partial charge in [-0.05, 0) is 30.3 Å². The summed E-state index contributed by atoms with van der Waals surface area (Å²) < 4.78 is 0. The number of carbonyl (C=O) groups is 1. The van der Waals surface area contributed by atoms with Crippen LogP contribution in [0.25, 0.3) is 6.08 Å². The molecule has 0 unspecified atom stereocenters. The van der Waals surface area contributed by atoms with E-state index in [-0.39, 0.29) is 11.5 Å². The maximum absolute atomic E-state index is 11.8. The van der Waals surface area contributed by atoms with Gasteiger partial charge in [-0.2, -0.15) is 0 Å². The molecule has 17 heavy (non-hydrogen) atoms. The van der Waals surface area contributed by atoms with Crippen LogP contribution in [0.3, 0.4) is 0 Å². The fraction of sp³-hybridized carbons (Fsp3) is 0.357. The molecule has 0 spiro atoms. The van der Waals surface area contributed by atoms with Crippen LogP contribution in [0.5, 0.6) is 5.75 Å². The van der Waals surface area contributed by atoms with Crippen molar-refractivity contribution in [2.24, 2.45) is 0 Å². The van der Waals surface area contributed by atoms with Gasteiger partial charge in [0.2, 0.25) is 0 Å².